The summed E-state index contributed by atoms with van der Waals surface area (Å²) in [4.78, 5) is 11.0. The van der Waals surface area contributed by atoms with Gasteiger partial charge in [-0.15, -0.1) is 0 Å². The number of benzene rings is 3. The molecule has 0 bridgehead atoms. The number of phenols is 4. The summed E-state index contributed by atoms with van der Waals surface area (Å²) in [5.41, 5.74) is 2.97. The fraction of sp³-hybridized carbons (Fsp3) is 0.174. The van der Waals surface area contributed by atoms with Gasteiger partial charge in [-0.25, -0.2) is 4.79 Å². The lowest BCUT2D eigenvalue weighted by molar-refractivity contribution is 0.0693. The number of aromatic hydroxyl groups is 4. The molecule has 0 fully saturated rings. The van der Waals surface area contributed by atoms with Crippen LogP contribution in [0.4, 0.5) is 0 Å². The molecule has 6 heteroatoms. The Morgan fingerprint density at radius 2 is 1.17 bits per heavy atom. The average molecular weight is 394 g/mol. The maximum Gasteiger partial charge on any atom is 0.339 e. The van der Waals surface area contributed by atoms with E-state index in [0.717, 1.165) is 11.1 Å². The molecule has 0 heterocycles. The van der Waals surface area contributed by atoms with Crippen LogP contribution in [0.3, 0.4) is 0 Å². The van der Waals surface area contributed by atoms with E-state index in [0.29, 0.717) is 36.8 Å². The molecule has 0 saturated carbocycles. The topological polar surface area (TPSA) is 118 Å². The summed E-state index contributed by atoms with van der Waals surface area (Å²) in [5.74, 6) is -1.27. The van der Waals surface area contributed by atoms with Gasteiger partial charge in [0.05, 0.1) is 0 Å². The summed E-state index contributed by atoms with van der Waals surface area (Å²) >= 11 is 0. The van der Waals surface area contributed by atoms with Crippen molar-refractivity contribution in [2.75, 3.05) is 0 Å². The first-order chi connectivity index (χ1) is 13.8. The van der Waals surface area contributed by atoms with Crippen LogP contribution in [0.5, 0.6) is 23.0 Å². The minimum atomic E-state index is -1.19. The van der Waals surface area contributed by atoms with E-state index in [-0.39, 0.29) is 28.6 Å². The largest absolute Gasteiger partial charge is 0.508 e. The zero-order valence-electron chi connectivity index (χ0n) is 15.7. The lowest BCUT2D eigenvalue weighted by atomic mass is 9.97. The number of carbonyl (C=O) groups is 1. The average Bonchev–Trinajstić information content (AvgIpc) is 2.67. The summed E-state index contributed by atoms with van der Waals surface area (Å²) in [6, 6.07) is 14.3. The van der Waals surface area contributed by atoms with Crippen molar-refractivity contribution in [2.24, 2.45) is 0 Å². The van der Waals surface area contributed by atoms with Gasteiger partial charge >= 0.3 is 5.97 Å². The van der Waals surface area contributed by atoms with E-state index in [9.17, 15) is 25.2 Å². The zero-order valence-corrected chi connectivity index (χ0v) is 15.7. The Balaban J connectivity index is 1.71. The second kappa shape index (κ2) is 8.56. The van der Waals surface area contributed by atoms with Crippen molar-refractivity contribution in [3.05, 3.63) is 82.4 Å². The summed E-state index contributed by atoms with van der Waals surface area (Å²) in [5, 5.41) is 48.5. The first-order valence-corrected chi connectivity index (χ1v) is 9.20. The third-order valence-corrected chi connectivity index (χ3v) is 4.87. The Hall–Kier alpha value is -3.67. The van der Waals surface area contributed by atoms with Gasteiger partial charge in [0.2, 0.25) is 0 Å². The van der Waals surface area contributed by atoms with Crippen molar-refractivity contribution in [1.29, 1.82) is 0 Å². The van der Waals surface area contributed by atoms with E-state index in [1.165, 1.54) is 18.2 Å². The lowest BCUT2D eigenvalue weighted by Crippen LogP contribution is -1.99. The molecule has 0 aliphatic rings. The molecule has 0 unspecified atom stereocenters. The maximum absolute atomic E-state index is 11.0. The molecule has 3 aromatic rings. The Morgan fingerprint density at radius 1 is 0.621 bits per heavy atom. The second-order valence-corrected chi connectivity index (χ2v) is 6.93. The van der Waals surface area contributed by atoms with Crippen molar-refractivity contribution < 1.29 is 30.3 Å². The van der Waals surface area contributed by atoms with Gasteiger partial charge in [-0.05, 0) is 78.3 Å². The standard InChI is InChI=1S/C23H22O6/c24-18-8-3-14(4-9-18)1-6-16-12-17(21(26)13-20(16)25)7-2-15-5-10-19(23(28)29)22(27)11-15/h3-5,8-13,24-27H,1-2,6-7H2,(H,28,29). The van der Waals surface area contributed by atoms with E-state index >= 15 is 0 Å². The minimum absolute atomic E-state index is 0.0118. The number of hydrogen-bond acceptors (Lipinski definition) is 5. The highest BCUT2D eigenvalue weighted by Gasteiger charge is 2.12. The van der Waals surface area contributed by atoms with Gasteiger partial charge in [0.1, 0.15) is 28.6 Å². The summed E-state index contributed by atoms with van der Waals surface area (Å²) in [7, 11) is 0. The molecule has 0 aromatic heterocycles. The molecule has 0 aliphatic heterocycles. The van der Waals surface area contributed by atoms with Crippen molar-refractivity contribution in [2.45, 2.75) is 25.7 Å². The Bertz CT molecular complexity index is 1020. The molecule has 3 rings (SSSR count). The van der Waals surface area contributed by atoms with Gasteiger partial charge < -0.3 is 25.5 Å². The fourth-order valence-electron chi connectivity index (χ4n) is 3.21. The number of aromatic carboxylic acids is 1. The van der Waals surface area contributed by atoms with E-state index < -0.39 is 5.97 Å². The van der Waals surface area contributed by atoms with Crippen LogP contribution in [0.15, 0.2) is 54.6 Å². The molecule has 150 valence electrons. The zero-order chi connectivity index (χ0) is 21.0. The van der Waals surface area contributed by atoms with Crippen LogP contribution in [0, 0.1) is 0 Å². The normalized spacial score (nSPS) is 10.8. The molecule has 0 atom stereocenters. The highest BCUT2D eigenvalue weighted by molar-refractivity contribution is 5.90. The Labute approximate surface area is 168 Å². The predicted molar refractivity (Wildman–Crippen MR) is 108 cm³/mol. The Kier molecular flexibility index (Phi) is 5.93. The van der Waals surface area contributed by atoms with Gasteiger partial charge in [0, 0.05) is 6.07 Å². The number of rotatable bonds is 7. The SMILES string of the molecule is O=C(O)c1ccc(CCc2cc(CCc3ccc(O)cc3)c(O)cc2O)cc1O. The maximum atomic E-state index is 11.0. The lowest BCUT2D eigenvalue weighted by Gasteiger charge is -2.11. The van der Waals surface area contributed by atoms with Crippen LogP contribution in [-0.4, -0.2) is 31.5 Å². The number of phenolic OH excluding ortho intramolecular Hbond substituents is 3. The van der Waals surface area contributed by atoms with Crippen molar-refractivity contribution >= 4 is 5.97 Å². The van der Waals surface area contributed by atoms with E-state index in [1.807, 2.05) is 12.1 Å². The summed E-state index contributed by atoms with van der Waals surface area (Å²) in [6.45, 7) is 0. The molecular weight excluding hydrogens is 372 g/mol. The van der Waals surface area contributed by atoms with Crippen LogP contribution < -0.4 is 0 Å². The van der Waals surface area contributed by atoms with Crippen LogP contribution in [0.1, 0.15) is 32.6 Å². The smallest absolute Gasteiger partial charge is 0.339 e. The molecular formula is C23H22O6. The molecule has 0 amide bonds. The van der Waals surface area contributed by atoms with Gasteiger partial charge in [-0.3, -0.25) is 0 Å². The van der Waals surface area contributed by atoms with Crippen molar-refractivity contribution in [3.8, 4) is 23.0 Å². The first kappa shape index (κ1) is 20.1. The van der Waals surface area contributed by atoms with Crippen LogP contribution in [-0.2, 0) is 25.7 Å². The molecule has 0 radical (unpaired) electrons. The third-order valence-electron chi connectivity index (χ3n) is 4.87. The van der Waals surface area contributed by atoms with Gasteiger partial charge in [0.15, 0.2) is 0 Å². The second-order valence-electron chi connectivity index (χ2n) is 6.93. The van der Waals surface area contributed by atoms with Gasteiger partial charge in [-0.2, -0.15) is 0 Å². The monoisotopic (exact) mass is 394 g/mol. The summed E-state index contributed by atoms with van der Waals surface area (Å²) < 4.78 is 0. The first-order valence-electron chi connectivity index (χ1n) is 9.20. The molecule has 29 heavy (non-hydrogen) atoms. The van der Waals surface area contributed by atoms with E-state index in [4.69, 9.17) is 5.11 Å². The molecule has 3 aromatic carbocycles. The van der Waals surface area contributed by atoms with Crippen LogP contribution in [0.25, 0.3) is 0 Å². The highest BCUT2D eigenvalue weighted by Crippen LogP contribution is 2.30. The molecule has 0 spiro atoms. The predicted octanol–water partition coefficient (Wildman–Crippen LogP) is 3.78. The molecule has 5 N–H and O–H groups in total. The number of carboxylic acid groups (broad SMARTS) is 1. The minimum Gasteiger partial charge on any atom is -0.508 e. The quantitative estimate of drug-likeness (QED) is 0.416. The third kappa shape index (κ3) is 4.99. The fourth-order valence-corrected chi connectivity index (χ4v) is 3.21. The molecule has 6 nitrogen and oxygen atoms in total. The van der Waals surface area contributed by atoms with Crippen molar-refractivity contribution in [3.63, 3.8) is 0 Å². The molecule has 0 aliphatic carbocycles. The highest BCUT2D eigenvalue weighted by atomic mass is 16.4. The van der Waals surface area contributed by atoms with Gasteiger partial charge in [-0.1, -0.05) is 18.2 Å². The Morgan fingerprint density at radius 3 is 1.72 bits per heavy atom. The number of aryl methyl sites for hydroxylation is 4. The van der Waals surface area contributed by atoms with Crippen LogP contribution >= 0.6 is 0 Å². The number of hydrogen-bond donors (Lipinski definition) is 5. The van der Waals surface area contributed by atoms with Crippen molar-refractivity contribution in [1.82, 2.24) is 0 Å². The number of carboxylic acids is 1. The van der Waals surface area contributed by atoms with Gasteiger partial charge in [0.25, 0.3) is 0 Å². The van der Waals surface area contributed by atoms with Crippen LogP contribution in [0.2, 0.25) is 0 Å². The molecule has 0 saturated heterocycles. The summed E-state index contributed by atoms with van der Waals surface area (Å²) in [6.07, 6.45) is 2.19. The van der Waals surface area contributed by atoms with E-state index in [2.05, 4.69) is 0 Å². The van der Waals surface area contributed by atoms with E-state index in [1.54, 1.807) is 24.3 Å².